The normalized spacial score (nSPS) is 12.8. The third kappa shape index (κ3) is 5.75. The van der Waals surface area contributed by atoms with E-state index < -0.39 is 0 Å². The third-order valence-electron chi connectivity index (χ3n) is 5.53. The molecule has 8 heteroatoms. The highest BCUT2D eigenvalue weighted by Gasteiger charge is 2.27. The molecular formula is C24H31N5O3. The minimum atomic E-state index is -0.261. The standard InChI is InChI=1S/C24H31N5O3/c1-28(16-22(30)26-13-8-14-32-2)17-23(31)27-24-20(15-25)19-11-6-7-12-21(19)29(24)18-9-4-3-5-10-18/h3-5,9-10H,6-8,11-14,16-17H2,1-2H3,(H,26,30)(H,27,31). The Hall–Kier alpha value is -3.15. The molecule has 2 N–H and O–H groups in total. The lowest BCUT2D eigenvalue weighted by molar-refractivity contribution is -0.123. The van der Waals surface area contributed by atoms with E-state index >= 15 is 0 Å². The summed E-state index contributed by atoms with van der Waals surface area (Å²) in [6.07, 6.45) is 4.55. The van der Waals surface area contributed by atoms with Crippen molar-refractivity contribution in [1.82, 2.24) is 14.8 Å². The zero-order valence-corrected chi connectivity index (χ0v) is 18.8. The van der Waals surface area contributed by atoms with E-state index in [0.29, 0.717) is 24.5 Å². The number of likely N-dealkylation sites (N-methyl/N-ethyl adjacent to an activating group) is 1. The molecule has 1 aromatic carbocycles. The molecule has 0 radical (unpaired) electrons. The van der Waals surface area contributed by atoms with Crippen LogP contribution in [0.4, 0.5) is 5.82 Å². The average molecular weight is 438 g/mol. The smallest absolute Gasteiger partial charge is 0.239 e. The van der Waals surface area contributed by atoms with Crippen molar-refractivity contribution >= 4 is 17.6 Å². The quantitative estimate of drug-likeness (QED) is 0.556. The fourth-order valence-electron chi connectivity index (χ4n) is 4.11. The molecule has 3 rings (SSSR count). The summed E-state index contributed by atoms with van der Waals surface area (Å²) in [4.78, 5) is 26.6. The van der Waals surface area contributed by atoms with Crippen LogP contribution in [0.1, 0.15) is 36.1 Å². The molecule has 0 fully saturated rings. The number of benzene rings is 1. The second-order valence-corrected chi connectivity index (χ2v) is 8.06. The minimum Gasteiger partial charge on any atom is -0.385 e. The number of nitrogens with zero attached hydrogens (tertiary/aromatic N) is 3. The molecule has 0 bridgehead atoms. The predicted octanol–water partition coefficient (Wildman–Crippen LogP) is 2.25. The maximum absolute atomic E-state index is 12.8. The topological polar surface area (TPSA) is 99.4 Å². The van der Waals surface area contributed by atoms with Crippen LogP contribution in [0.25, 0.3) is 5.69 Å². The van der Waals surface area contributed by atoms with Crippen LogP contribution in [0.5, 0.6) is 0 Å². The Morgan fingerprint density at radius 2 is 1.88 bits per heavy atom. The first-order valence-electron chi connectivity index (χ1n) is 11.0. The van der Waals surface area contributed by atoms with Gasteiger partial charge in [-0.3, -0.25) is 19.1 Å². The lowest BCUT2D eigenvalue weighted by atomic mass is 9.95. The fourth-order valence-corrected chi connectivity index (χ4v) is 4.11. The molecule has 0 unspecified atom stereocenters. The Morgan fingerprint density at radius 3 is 2.59 bits per heavy atom. The lowest BCUT2D eigenvalue weighted by Crippen LogP contribution is -2.39. The van der Waals surface area contributed by atoms with Crippen LogP contribution < -0.4 is 10.6 Å². The fraction of sp³-hybridized carbons (Fsp3) is 0.458. The van der Waals surface area contributed by atoms with E-state index in [9.17, 15) is 14.9 Å². The number of fused-ring (bicyclic) bond motifs is 1. The van der Waals surface area contributed by atoms with E-state index in [4.69, 9.17) is 4.74 Å². The van der Waals surface area contributed by atoms with Gasteiger partial charge in [-0.2, -0.15) is 5.26 Å². The van der Waals surface area contributed by atoms with Gasteiger partial charge in [-0.25, -0.2) is 0 Å². The summed E-state index contributed by atoms with van der Waals surface area (Å²) in [6, 6.07) is 12.1. The van der Waals surface area contributed by atoms with Crippen molar-refractivity contribution in [3.8, 4) is 11.8 Å². The molecule has 170 valence electrons. The van der Waals surface area contributed by atoms with Crippen molar-refractivity contribution in [3.63, 3.8) is 0 Å². The number of methoxy groups -OCH3 is 1. The highest BCUT2D eigenvalue weighted by atomic mass is 16.5. The van der Waals surface area contributed by atoms with Gasteiger partial charge in [-0.05, 0) is 56.8 Å². The first-order valence-corrected chi connectivity index (χ1v) is 11.0. The van der Waals surface area contributed by atoms with Crippen LogP contribution in [0.15, 0.2) is 30.3 Å². The SMILES string of the molecule is COCCCNC(=O)CN(C)CC(=O)Nc1c(C#N)c2c(n1-c1ccccc1)CCCC2. The summed E-state index contributed by atoms with van der Waals surface area (Å²) in [6.45, 7) is 1.28. The van der Waals surface area contributed by atoms with Crippen molar-refractivity contribution < 1.29 is 14.3 Å². The number of hydrogen-bond acceptors (Lipinski definition) is 5. The summed E-state index contributed by atoms with van der Waals surface area (Å²) in [5.41, 5.74) is 3.58. The number of anilines is 1. The Bertz CT molecular complexity index is 978. The second kappa shape index (κ2) is 11.5. The number of aromatic nitrogens is 1. The van der Waals surface area contributed by atoms with Gasteiger partial charge >= 0.3 is 0 Å². The molecule has 32 heavy (non-hydrogen) atoms. The summed E-state index contributed by atoms with van der Waals surface area (Å²) < 4.78 is 6.97. The molecule has 2 aromatic rings. The number of ether oxygens (including phenoxy) is 1. The largest absolute Gasteiger partial charge is 0.385 e. The number of nitrogens with one attached hydrogen (secondary N) is 2. The maximum Gasteiger partial charge on any atom is 0.239 e. The van der Waals surface area contributed by atoms with Gasteiger partial charge in [0, 0.05) is 31.6 Å². The van der Waals surface area contributed by atoms with Gasteiger partial charge in [0.1, 0.15) is 11.9 Å². The molecule has 1 aliphatic carbocycles. The number of para-hydroxylation sites is 1. The van der Waals surface area contributed by atoms with Gasteiger partial charge in [0.05, 0.1) is 18.7 Å². The molecule has 8 nitrogen and oxygen atoms in total. The van der Waals surface area contributed by atoms with Crippen molar-refractivity contribution in [1.29, 1.82) is 5.26 Å². The predicted molar refractivity (Wildman–Crippen MR) is 123 cm³/mol. The number of amides is 2. The van der Waals surface area contributed by atoms with E-state index in [1.165, 1.54) is 0 Å². The molecule has 1 aliphatic rings. The summed E-state index contributed by atoms with van der Waals surface area (Å²) in [7, 11) is 3.34. The number of nitriles is 1. The van der Waals surface area contributed by atoms with Crippen molar-refractivity contribution in [2.24, 2.45) is 0 Å². The monoisotopic (exact) mass is 437 g/mol. The molecular weight excluding hydrogens is 406 g/mol. The molecule has 0 aliphatic heterocycles. The molecule has 2 amide bonds. The number of carbonyl (C=O) groups excluding carboxylic acids is 2. The Morgan fingerprint density at radius 1 is 1.16 bits per heavy atom. The second-order valence-electron chi connectivity index (χ2n) is 8.06. The minimum absolute atomic E-state index is 0.0427. The van der Waals surface area contributed by atoms with Gasteiger partial charge in [0.2, 0.25) is 11.8 Å². The molecule has 1 aromatic heterocycles. The highest BCUT2D eigenvalue weighted by Crippen LogP contribution is 2.35. The summed E-state index contributed by atoms with van der Waals surface area (Å²) in [5, 5.41) is 15.7. The number of rotatable bonds is 10. The van der Waals surface area contributed by atoms with Crippen LogP contribution in [0, 0.1) is 11.3 Å². The van der Waals surface area contributed by atoms with E-state index in [1.54, 1.807) is 19.1 Å². The molecule has 0 spiro atoms. The van der Waals surface area contributed by atoms with Crippen molar-refractivity contribution in [3.05, 3.63) is 47.2 Å². The van der Waals surface area contributed by atoms with Gasteiger partial charge in [0.25, 0.3) is 0 Å². The third-order valence-corrected chi connectivity index (χ3v) is 5.53. The van der Waals surface area contributed by atoms with E-state index in [2.05, 4.69) is 16.7 Å². The van der Waals surface area contributed by atoms with Gasteiger partial charge < -0.3 is 15.4 Å². The molecule has 1 heterocycles. The Labute approximate surface area is 189 Å². The molecule has 0 saturated carbocycles. The van der Waals surface area contributed by atoms with E-state index in [-0.39, 0.29) is 24.9 Å². The number of carbonyl (C=O) groups is 2. The first kappa shape index (κ1) is 23.5. The van der Waals surface area contributed by atoms with E-state index in [0.717, 1.165) is 49.0 Å². The Balaban J connectivity index is 1.73. The van der Waals surface area contributed by atoms with Crippen LogP contribution in [-0.2, 0) is 27.2 Å². The zero-order valence-electron chi connectivity index (χ0n) is 18.8. The highest BCUT2D eigenvalue weighted by molar-refractivity contribution is 5.94. The average Bonchev–Trinajstić information content (AvgIpc) is 3.09. The van der Waals surface area contributed by atoms with Crippen molar-refractivity contribution in [2.45, 2.75) is 32.1 Å². The van der Waals surface area contributed by atoms with Crippen molar-refractivity contribution in [2.75, 3.05) is 45.7 Å². The Kier molecular flexibility index (Phi) is 8.42. The van der Waals surface area contributed by atoms with Crippen LogP contribution in [-0.4, -0.2) is 61.7 Å². The van der Waals surface area contributed by atoms with Gasteiger partial charge in [0.15, 0.2) is 0 Å². The number of hydrogen-bond donors (Lipinski definition) is 2. The summed E-state index contributed by atoms with van der Waals surface area (Å²) in [5.74, 6) is 0.119. The van der Waals surface area contributed by atoms with Gasteiger partial charge in [-0.15, -0.1) is 0 Å². The zero-order chi connectivity index (χ0) is 22.9. The molecule has 0 atom stereocenters. The maximum atomic E-state index is 12.8. The first-order chi connectivity index (χ1) is 15.5. The van der Waals surface area contributed by atoms with Crippen LogP contribution in [0.3, 0.4) is 0 Å². The lowest BCUT2D eigenvalue weighted by Gasteiger charge is -2.18. The van der Waals surface area contributed by atoms with Crippen LogP contribution in [0.2, 0.25) is 0 Å². The van der Waals surface area contributed by atoms with E-state index in [1.807, 2.05) is 34.9 Å². The van der Waals surface area contributed by atoms with Crippen LogP contribution >= 0.6 is 0 Å². The molecule has 0 saturated heterocycles. The van der Waals surface area contributed by atoms with Gasteiger partial charge in [-0.1, -0.05) is 18.2 Å². The summed E-state index contributed by atoms with van der Waals surface area (Å²) >= 11 is 0.